The van der Waals surface area contributed by atoms with Gasteiger partial charge < -0.3 is 9.84 Å². The van der Waals surface area contributed by atoms with Gasteiger partial charge in [-0.25, -0.2) is 4.79 Å². The molecule has 5 heteroatoms. The molecule has 106 valence electrons. The number of ether oxygens (including phenoxy) is 1. The molecule has 0 fully saturated rings. The summed E-state index contributed by atoms with van der Waals surface area (Å²) in [6.45, 7) is 6.72. The molecule has 0 spiro atoms. The minimum Gasteiger partial charge on any atom is -0.487 e. The van der Waals surface area contributed by atoms with Crippen molar-refractivity contribution in [1.29, 1.82) is 0 Å². The first-order valence-electron chi connectivity index (χ1n) is 6.37. The number of carbonyl (C=O) groups is 1. The molecule has 0 saturated heterocycles. The third kappa shape index (κ3) is 3.38. The van der Waals surface area contributed by atoms with E-state index >= 15 is 0 Å². The Labute approximate surface area is 117 Å². The Morgan fingerprint density at radius 3 is 2.45 bits per heavy atom. The van der Waals surface area contributed by atoms with Gasteiger partial charge in [0.1, 0.15) is 12.4 Å². The van der Waals surface area contributed by atoms with Crippen LogP contribution in [-0.2, 0) is 12.0 Å². The van der Waals surface area contributed by atoms with Gasteiger partial charge in [0, 0.05) is 0 Å². The number of nitrogens with zero attached hydrogens (tertiary/aromatic N) is 1. The number of nitrogens with one attached hydrogen (secondary N) is 1. The molecule has 2 rings (SSSR count). The molecule has 0 amide bonds. The van der Waals surface area contributed by atoms with Gasteiger partial charge in [-0.1, -0.05) is 32.9 Å². The highest BCUT2D eigenvalue weighted by Crippen LogP contribution is 2.24. The van der Waals surface area contributed by atoms with E-state index in [1.165, 1.54) is 11.6 Å². The van der Waals surface area contributed by atoms with E-state index in [0.29, 0.717) is 5.69 Å². The van der Waals surface area contributed by atoms with Crippen LogP contribution in [0.25, 0.3) is 0 Å². The first-order valence-corrected chi connectivity index (χ1v) is 6.37. The second-order valence-corrected chi connectivity index (χ2v) is 5.65. The van der Waals surface area contributed by atoms with E-state index in [0.717, 1.165) is 5.75 Å². The van der Waals surface area contributed by atoms with Crippen LogP contribution in [0.5, 0.6) is 5.75 Å². The lowest BCUT2D eigenvalue weighted by Crippen LogP contribution is -2.10. The molecule has 2 N–H and O–H groups in total. The predicted molar refractivity (Wildman–Crippen MR) is 75.0 cm³/mol. The van der Waals surface area contributed by atoms with Gasteiger partial charge in [0.15, 0.2) is 5.69 Å². The summed E-state index contributed by atoms with van der Waals surface area (Å²) in [7, 11) is 0. The molecule has 1 heterocycles. The van der Waals surface area contributed by atoms with E-state index in [4.69, 9.17) is 9.84 Å². The molecule has 0 aliphatic carbocycles. The second kappa shape index (κ2) is 5.36. The Morgan fingerprint density at radius 1 is 1.30 bits per heavy atom. The maximum Gasteiger partial charge on any atom is 0.356 e. The lowest BCUT2D eigenvalue weighted by Gasteiger charge is -2.19. The zero-order valence-electron chi connectivity index (χ0n) is 11.8. The quantitative estimate of drug-likeness (QED) is 0.898. The smallest absolute Gasteiger partial charge is 0.356 e. The molecule has 20 heavy (non-hydrogen) atoms. The molecule has 2 aromatic rings. The average Bonchev–Trinajstić information content (AvgIpc) is 2.85. The molecule has 0 aliphatic heterocycles. The molecule has 0 atom stereocenters. The van der Waals surface area contributed by atoms with Crippen LogP contribution in [0.1, 0.15) is 42.5 Å². The summed E-state index contributed by atoms with van der Waals surface area (Å²) in [4.78, 5) is 10.7. The Balaban J connectivity index is 1.98. The summed E-state index contributed by atoms with van der Waals surface area (Å²) in [5.74, 6) is -0.313. The van der Waals surface area contributed by atoms with Crippen LogP contribution in [0.15, 0.2) is 30.3 Å². The molecule has 1 aromatic heterocycles. The Bertz CT molecular complexity index is 594. The van der Waals surface area contributed by atoms with E-state index < -0.39 is 5.97 Å². The maximum absolute atomic E-state index is 10.7. The van der Waals surface area contributed by atoms with Crippen LogP contribution in [0.4, 0.5) is 0 Å². The van der Waals surface area contributed by atoms with Gasteiger partial charge in [-0.15, -0.1) is 0 Å². The zero-order valence-corrected chi connectivity index (χ0v) is 11.8. The van der Waals surface area contributed by atoms with Crippen LogP contribution >= 0.6 is 0 Å². The van der Waals surface area contributed by atoms with Gasteiger partial charge in [0.05, 0.1) is 5.69 Å². The van der Waals surface area contributed by atoms with Crippen molar-refractivity contribution in [1.82, 2.24) is 10.2 Å². The van der Waals surface area contributed by atoms with Gasteiger partial charge in [-0.05, 0) is 29.2 Å². The fraction of sp³-hybridized carbons (Fsp3) is 0.333. The van der Waals surface area contributed by atoms with Crippen LogP contribution in [0, 0.1) is 0 Å². The summed E-state index contributed by atoms with van der Waals surface area (Å²) in [5.41, 5.74) is 1.96. The van der Waals surface area contributed by atoms with Crippen molar-refractivity contribution in [3.8, 4) is 5.75 Å². The standard InChI is InChI=1S/C15H18N2O3/c1-15(2,3)10-4-6-12(7-5-10)20-9-11-8-13(14(18)19)17-16-11/h4-8H,9H2,1-3H3,(H,16,17)(H,18,19). The molecule has 0 aliphatic rings. The number of carboxylic acids is 1. The molecular formula is C15H18N2O3. The Kier molecular flexibility index (Phi) is 3.79. The number of hydrogen-bond donors (Lipinski definition) is 2. The van der Waals surface area contributed by atoms with Crippen molar-refractivity contribution >= 4 is 5.97 Å². The van der Waals surface area contributed by atoms with Crippen molar-refractivity contribution in [2.75, 3.05) is 0 Å². The Hall–Kier alpha value is -2.30. The zero-order chi connectivity index (χ0) is 14.8. The van der Waals surface area contributed by atoms with Crippen LogP contribution in [0.3, 0.4) is 0 Å². The predicted octanol–water partition coefficient (Wildman–Crippen LogP) is 2.98. The number of H-pyrrole nitrogens is 1. The topological polar surface area (TPSA) is 75.2 Å². The molecule has 0 saturated carbocycles. The highest BCUT2D eigenvalue weighted by atomic mass is 16.5. The Morgan fingerprint density at radius 2 is 1.95 bits per heavy atom. The fourth-order valence-electron chi connectivity index (χ4n) is 1.76. The third-order valence-electron chi connectivity index (χ3n) is 2.96. The highest BCUT2D eigenvalue weighted by Gasteiger charge is 2.13. The summed E-state index contributed by atoms with van der Waals surface area (Å²) in [6, 6.07) is 9.35. The molecule has 0 radical (unpaired) electrons. The lowest BCUT2D eigenvalue weighted by atomic mass is 9.87. The maximum atomic E-state index is 10.7. The normalized spacial score (nSPS) is 11.3. The van der Waals surface area contributed by atoms with Crippen molar-refractivity contribution in [3.05, 3.63) is 47.3 Å². The van der Waals surface area contributed by atoms with Crippen molar-refractivity contribution in [3.63, 3.8) is 0 Å². The van der Waals surface area contributed by atoms with E-state index in [1.807, 2.05) is 24.3 Å². The number of aromatic carboxylic acids is 1. The number of carboxylic acid groups (broad SMARTS) is 1. The van der Waals surface area contributed by atoms with Crippen LogP contribution in [0.2, 0.25) is 0 Å². The number of benzene rings is 1. The minimum atomic E-state index is -1.05. The number of rotatable bonds is 4. The SMILES string of the molecule is CC(C)(C)c1ccc(OCc2cc(C(=O)O)n[nH]2)cc1. The van der Waals surface area contributed by atoms with Crippen LogP contribution < -0.4 is 4.74 Å². The van der Waals surface area contributed by atoms with Gasteiger partial charge in [-0.2, -0.15) is 5.10 Å². The third-order valence-corrected chi connectivity index (χ3v) is 2.96. The van der Waals surface area contributed by atoms with Crippen molar-refractivity contribution < 1.29 is 14.6 Å². The molecular weight excluding hydrogens is 256 g/mol. The minimum absolute atomic E-state index is 0.00770. The monoisotopic (exact) mass is 274 g/mol. The first kappa shape index (κ1) is 14.1. The molecule has 5 nitrogen and oxygen atoms in total. The van der Waals surface area contributed by atoms with E-state index in [1.54, 1.807) is 0 Å². The number of hydrogen-bond acceptors (Lipinski definition) is 3. The van der Waals surface area contributed by atoms with Gasteiger partial charge in [0.2, 0.25) is 0 Å². The summed E-state index contributed by atoms with van der Waals surface area (Å²) in [5, 5.41) is 15.1. The van der Waals surface area contributed by atoms with Crippen molar-refractivity contribution in [2.24, 2.45) is 0 Å². The molecule has 1 aromatic carbocycles. The second-order valence-electron chi connectivity index (χ2n) is 5.65. The van der Waals surface area contributed by atoms with E-state index in [-0.39, 0.29) is 17.7 Å². The lowest BCUT2D eigenvalue weighted by molar-refractivity contribution is 0.0690. The van der Waals surface area contributed by atoms with Crippen molar-refractivity contribution in [2.45, 2.75) is 32.8 Å². The molecule has 0 unspecified atom stereocenters. The summed E-state index contributed by atoms with van der Waals surface area (Å²) < 4.78 is 5.59. The van der Waals surface area contributed by atoms with E-state index in [2.05, 4.69) is 31.0 Å². The van der Waals surface area contributed by atoms with Crippen LogP contribution in [-0.4, -0.2) is 21.3 Å². The molecule has 0 bridgehead atoms. The summed E-state index contributed by atoms with van der Waals surface area (Å²) in [6.07, 6.45) is 0. The van der Waals surface area contributed by atoms with E-state index in [9.17, 15) is 4.79 Å². The first-order chi connectivity index (χ1) is 9.36. The highest BCUT2D eigenvalue weighted by molar-refractivity contribution is 5.85. The van der Waals surface area contributed by atoms with Gasteiger partial charge in [-0.3, -0.25) is 5.10 Å². The number of aromatic amines is 1. The fourth-order valence-corrected chi connectivity index (χ4v) is 1.76. The number of aromatic nitrogens is 2. The largest absolute Gasteiger partial charge is 0.487 e. The summed E-state index contributed by atoms with van der Waals surface area (Å²) >= 11 is 0. The average molecular weight is 274 g/mol. The van der Waals surface area contributed by atoms with Gasteiger partial charge in [0.25, 0.3) is 0 Å². The van der Waals surface area contributed by atoms with Gasteiger partial charge >= 0.3 is 5.97 Å².